The highest BCUT2D eigenvalue weighted by Crippen LogP contribution is 2.26. The highest BCUT2D eigenvalue weighted by Gasteiger charge is 2.11. The van der Waals surface area contributed by atoms with Gasteiger partial charge in [-0.2, -0.15) is 0 Å². The molecule has 3 rings (SSSR count). The van der Waals surface area contributed by atoms with Crippen molar-refractivity contribution in [2.75, 3.05) is 12.8 Å². The number of hydrogen-bond acceptors (Lipinski definition) is 4. The molecule has 0 radical (unpaired) electrons. The van der Waals surface area contributed by atoms with E-state index in [-0.39, 0.29) is 5.82 Å². The van der Waals surface area contributed by atoms with E-state index in [2.05, 4.69) is 10.3 Å². The molecule has 0 unspecified atom stereocenters. The second-order valence-electron chi connectivity index (χ2n) is 4.94. The van der Waals surface area contributed by atoms with E-state index >= 15 is 0 Å². The number of nitrogens with two attached hydrogens (primary N) is 1. The third-order valence-corrected chi connectivity index (χ3v) is 3.40. The summed E-state index contributed by atoms with van der Waals surface area (Å²) in [7, 11) is 1.58. The molecule has 1 heterocycles. The maximum atomic E-state index is 13.4. The average Bonchev–Trinajstić information content (AvgIpc) is 3.00. The topological polar surface area (TPSA) is 66.0 Å². The van der Waals surface area contributed by atoms with Gasteiger partial charge in [0.1, 0.15) is 22.9 Å². The highest BCUT2D eigenvalue weighted by atomic mass is 19.1. The quantitative estimate of drug-likeness (QED) is 0.755. The van der Waals surface area contributed by atoms with Crippen molar-refractivity contribution in [1.29, 1.82) is 0 Å². The van der Waals surface area contributed by atoms with Crippen molar-refractivity contribution in [3.8, 4) is 22.7 Å². The molecule has 0 amide bonds. The molecule has 0 spiro atoms. The minimum absolute atomic E-state index is 0.242. The number of rotatable bonds is 3. The first-order valence-corrected chi connectivity index (χ1v) is 6.71. The monoisotopic (exact) mass is 298 g/mol. The van der Waals surface area contributed by atoms with Gasteiger partial charge >= 0.3 is 0 Å². The molecule has 2 aromatic carbocycles. The van der Waals surface area contributed by atoms with E-state index in [1.165, 1.54) is 6.07 Å². The molecule has 3 aromatic rings. The van der Waals surface area contributed by atoms with Gasteiger partial charge in [0.25, 0.3) is 0 Å². The second kappa shape index (κ2) is 5.48. The van der Waals surface area contributed by atoms with E-state index < -0.39 is 0 Å². The van der Waals surface area contributed by atoms with Gasteiger partial charge in [0.05, 0.1) is 13.3 Å². The maximum Gasteiger partial charge on any atom is 0.144 e. The molecule has 0 aliphatic rings. The number of nitrogens with zero attached hydrogens (tertiary/aromatic N) is 3. The lowest BCUT2D eigenvalue weighted by atomic mass is 10.1. The molecule has 22 heavy (non-hydrogen) atoms. The van der Waals surface area contributed by atoms with Crippen LogP contribution in [0.3, 0.4) is 0 Å². The number of hydrogen-bond donors (Lipinski definition) is 1. The molecule has 0 saturated heterocycles. The summed E-state index contributed by atoms with van der Waals surface area (Å²) in [4.78, 5) is 0. The molecule has 1 aromatic heterocycles. The lowest BCUT2D eigenvalue weighted by Crippen LogP contribution is -2.00. The fourth-order valence-electron chi connectivity index (χ4n) is 2.20. The van der Waals surface area contributed by atoms with Crippen molar-refractivity contribution >= 4 is 5.69 Å². The van der Waals surface area contributed by atoms with Crippen LogP contribution in [-0.4, -0.2) is 22.1 Å². The van der Waals surface area contributed by atoms with Crippen molar-refractivity contribution < 1.29 is 9.13 Å². The van der Waals surface area contributed by atoms with Gasteiger partial charge in [0.15, 0.2) is 0 Å². The Bertz CT molecular complexity index is 829. The summed E-state index contributed by atoms with van der Waals surface area (Å²) in [5, 5.41) is 8.23. The zero-order chi connectivity index (χ0) is 15.7. The van der Waals surface area contributed by atoms with Gasteiger partial charge < -0.3 is 10.5 Å². The zero-order valence-electron chi connectivity index (χ0n) is 12.2. The second-order valence-corrected chi connectivity index (χ2v) is 4.94. The van der Waals surface area contributed by atoms with Crippen LogP contribution in [0.15, 0.2) is 42.6 Å². The summed E-state index contributed by atoms with van der Waals surface area (Å²) in [5.41, 5.74) is 9.12. The summed E-state index contributed by atoms with van der Waals surface area (Å²) >= 11 is 0. The van der Waals surface area contributed by atoms with Crippen molar-refractivity contribution in [3.63, 3.8) is 0 Å². The summed E-state index contributed by atoms with van der Waals surface area (Å²) < 4.78 is 20.3. The number of halogens is 1. The van der Waals surface area contributed by atoms with Crippen LogP contribution in [0.25, 0.3) is 16.9 Å². The fraction of sp³-hybridized carbons (Fsp3) is 0.125. The van der Waals surface area contributed by atoms with Gasteiger partial charge in [-0.25, -0.2) is 9.07 Å². The molecular formula is C16H15FN4O. The Morgan fingerprint density at radius 1 is 1.18 bits per heavy atom. The lowest BCUT2D eigenvalue weighted by Gasteiger charge is -2.08. The van der Waals surface area contributed by atoms with Crippen LogP contribution in [0.4, 0.5) is 10.1 Å². The Kier molecular flexibility index (Phi) is 3.50. The smallest absolute Gasteiger partial charge is 0.144 e. The van der Waals surface area contributed by atoms with Crippen molar-refractivity contribution in [2.24, 2.45) is 0 Å². The number of anilines is 1. The van der Waals surface area contributed by atoms with Gasteiger partial charge in [0, 0.05) is 11.3 Å². The molecule has 5 nitrogen and oxygen atoms in total. The third kappa shape index (κ3) is 2.50. The molecule has 0 atom stereocenters. The van der Waals surface area contributed by atoms with E-state index in [0.29, 0.717) is 28.4 Å². The molecule has 0 saturated carbocycles. The molecule has 0 aliphatic carbocycles. The first-order chi connectivity index (χ1) is 10.6. The largest absolute Gasteiger partial charge is 0.494 e. The minimum atomic E-state index is -0.242. The normalized spacial score (nSPS) is 10.7. The Labute approximate surface area is 127 Å². The van der Waals surface area contributed by atoms with E-state index in [0.717, 1.165) is 5.56 Å². The van der Waals surface area contributed by atoms with Crippen LogP contribution in [0.5, 0.6) is 5.75 Å². The molecular weight excluding hydrogens is 283 g/mol. The first kappa shape index (κ1) is 14.1. The summed E-state index contributed by atoms with van der Waals surface area (Å²) in [6.45, 7) is 1.71. The third-order valence-electron chi connectivity index (χ3n) is 3.40. The summed E-state index contributed by atoms with van der Waals surface area (Å²) in [6, 6.07) is 10.1. The van der Waals surface area contributed by atoms with Crippen LogP contribution in [0, 0.1) is 12.7 Å². The van der Waals surface area contributed by atoms with Crippen molar-refractivity contribution in [2.45, 2.75) is 6.92 Å². The number of nitrogen functional groups attached to an aromatic ring is 1. The lowest BCUT2D eigenvalue weighted by molar-refractivity contribution is 0.411. The molecule has 0 fully saturated rings. The van der Waals surface area contributed by atoms with Crippen molar-refractivity contribution in [3.05, 3.63) is 54.0 Å². The molecule has 2 N–H and O–H groups in total. The number of ether oxygens (including phenoxy) is 1. The van der Waals surface area contributed by atoms with Gasteiger partial charge in [-0.05, 0) is 48.9 Å². The molecule has 0 aliphatic heterocycles. The number of aromatic nitrogens is 3. The Balaban J connectivity index is 2.04. The predicted octanol–water partition coefficient (Wildman–Crippen LogP) is 2.97. The van der Waals surface area contributed by atoms with Gasteiger partial charge in [-0.1, -0.05) is 5.21 Å². The van der Waals surface area contributed by atoms with E-state index in [1.807, 2.05) is 0 Å². The summed E-state index contributed by atoms with van der Waals surface area (Å²) in [6.07, 6.45) is 1.75. The van der Waals surface area contributed by atoms with Gasteiger partial charge in [0.2, 0.25) is 0 Å². The number of benzene rings is 2. The average molecular weight is 298 g/mol. The molecule has 112 valence electrons. The van der Waals surface area contributed by atoms with Crippen LogP contribution in [0.1, 0.15) is 5.56 Å². The number of methoxy groups -OCH3 is 1. The van der Waals surface area contributed by atoms with Crippen LogP contribution in [-0.2, 0) is 0 Å². The van der Waals surface area contributed by atoms with E-state index in [1.54, 1.807) is 55.2 Å². The SMILES string of the molecule is COc1ccc(N)cc1-n1cc(-c2ccc(F)c(C)c2)nn1. The minimum Gasteiger partial charge on any atom is -0.494 e. The van der Waals surface area contributed by atoms with Gasteiger partial charge in [-0.3, -0.25) is 0 Å². The number of aryl methyl sites for hydroxylation is 1. The van der Waals surface area contributed by atoms with Crippen LogP contribution < -0.4 is 10.5 Å². The Morgan fingerprint density at radius 3 is 2.73 bits per heavy atom. The van der Waals surface area contributed by atoms with E-state index in [9.17, 15) is 4.39 Å². The van der Waals surface area contributed by atoms with E-state index in [4.69, 9.17) is 10.5 Å². The first-order valence-electron chi connectivity index (χ1n) is 6.71. The predicted molar refractivity (Wildman–Crippen MR) is 82.5 cm³/mol. The van der Waals surface area contributed by atoms with Crippen molar-refractivity contribution in [1.82, 2.24) is 15.0 Å². The zero-order valence-corrected chi connectivity index (χ0v) is 12.2. The summed E-state index contributed by atoms with van der Waals surface area (Å²) in [5.74, 6) is 0.398. The Hall–Kier alpha value is -2.89. The highest BCUT2D eigenvalue weighted by molar-refractivity contribution is 5.61. The van der Waals surface area contributed by atoms with Crippen LogP contribution in [0.2, 0.25) is 0 Å². The van der Waals surface area contributed by atoms with Crippen LogP contribution >= 0.6 is 0 Å². The maximum absolute atomic E-state index is 13.4. The standard InChI is InChI=1S/C16H15FN4O/c1-10-7-11(3-5-13(10)17)14-9-21(20-19-14)15-8-12(18)4-6-16(15)22-2/h3-9H,18H2,1-2H3. The fourth-order valence-corrected chi connectivity index (χ4v) is 2.20. The molecule has 6 heteroatoms. The molecule has 0 bridgehead atoms. The van der Waals surface area contributed by atoms with Gasteiger partial charge in [-0.15, -0.1) is 5.10 Å². The Morgan fingerprint density at radius 2 is 2.00 bits per heavy atom.